The van der Waals surface area contributed by atoms with E-state index in [1.54, 1.807) is 6.08 Å². The molecule has 0 spiro atoms. The number of nitrogens with one attached hydrogen (secondary N) is 1. The first-order valence-electron chi connectivity index (χ1n) is 28.3. The first-order chi connectivity index (χ1) is 31.5. The second-order valence-corrected chi connectivity index (χ2v) is 19.3. The van der Waals surface area contributed by atoms with Crippen molar-refractivity contribution in [2.75, 3.05) is 13.2 Å². The molecule has 64 heavy (non-hydrogen) atoms. The third kappa shape index (κ3) is 49.5. The van der Waals surface area contributed by atoms with Gasteiger partial charge in [0.1, 0.15) is 0 Å². The lowest BCUT2D eigenvalue weighted by atomic mass is 10.0. The van der Waals surface area contributed by atoms with Crippen LogP contribution in [0, 0.1) is 0 Å². The Morgan fingerprint density at radius 3 is 1.11 bits per heavy atom. The minimum atomic E-state index is -0.867. The van der Waals surface area contributed by atoms with Crippen LogP contribution in [0.2, 0.25) is 0 Å². The molecule has 1 amide bonds. The molecule has 0 aliphatic rings. The van der Waals surface area contributed by atoms with E-state index in [9.17, 15) is 19.8 Å². The average Bonchev–Trinajstić information content (AvgIpc) is 3.29. The maximum atomic E-state index is 12.5. The van der Waals surface area contributed by atoms with Crippen LogP contribution in [0.4, 0.5) is 0 Å². The van der Waals surface area contributed by atoms with Crippen molar-refractivity contribution in [3.63, 3.8) is 0 Å². The Balaban J connectivity index is 3.55. The van der Waals surface area contributed by atoms with Crippen LogP contribution in [-0.4, -0.2) is 47.4 Å². The topological polar surface area (TPSA) is 95.9 Å². The number of aliphatic hydroxyl groups excluding tert-OH is 2. The van der Waals surface area contributed by atoms with Crippen molar-refractivity contribution in [1.29, 1.82) is 0 Å². The van der Waals surface area contributed by atoms with Crippen molar-refractivity contribution in [3.8, 4) is 0 Å². The highest BCUT2D eigenvalue weighted by Crippen LogP contribution is 2.16. The van der Waals surface area contributed by atoms with Crippen LogP contribution in [0.1, 0.15) is 296 Å². The van der Waals surface area contributed by atoms with Crippen LogP contribution in [-0.2, 0) is 14.3 Å². The van der Waals surface area contributed by atoms with Crippen molar-refractivity contribution in [3.05, 3.63) is 36.5 Å². The molecule has 3 N–H and O–H groups in total. The summed E-state index contributed by atoms with van der Waals surface area (Å²) in [5.41, 5.74) is 0. The molecule has 6 heteroatoms. The number of hydrogen-bond acceptors (Lipinski definition) is 5. The van der Waals surface area contributed by atoms with Crippen molar-refractivity contribution in [1.82, 2.24) is 5.32 Å². The summed E-state index contributed by atoms with van der Waals surface area (Å²) in [6, 6.07) is -0.654. The fourth-order valence-corrected chi connectivity index (χ4v) is 8.50. The molecule has 2 unspecified atom stereocenters. The highest BCUT2D eigenvalue weighted by Gasteiger charge is 2.18. The van der Waals surface area contributed by atoms with Crippen molar-refractivity contribution < 1.29 is 24.5 Å². The summed E-state index contributed by atoms with van der Waals surface area (Å²) in [6.45, 7) is 4.82. The SMILES string of the molecule is CCCCCCCCC/C=C\CCCCCCCCCC(=O)OCCCC/C=C\CCCCCCC(=O)NC(CO)C(O)/C=C/CCCCCCCCCCCCCCCCCCC. The summed E-state index contributed by atoms with van der Waals surface area (Å²) in [5, 5.41) is 23.1. The molecule has 0 saturated heterocycles. The Morgan fingerprint density at radius 2 is 0.734 bits per heavy atom. The van der Waals surface area contributed by atoms with Crippen LogP contribution in [0.5, 0.6) is 0 Å². The third-order valence-corrected chi connectivity index (χ3v) is 12.9. The number of ether oxygens (including phenoxy) is 1. The monoisotopic (exact) mass is 900 g/mol. The first-order valence-corrected chi connectivity index (χ1v) is 28.3. The predicted octanol–water partition coefficient (Wildman–Crippen LogP) is 17.2. The van der Waals surface area contributed by atoms with Crippen LogP contribution in [0.25, 0.3) is 0 Å². The van der Waals surface area contributed by atoms with Gasteiger partial charge in [-0.1, -0.05) is 237 Å². The zero-order valence-corrected chi connectivity index (χ0v) is 42.8. The molecule has 0 saturated carbocycles. The van der Waals surface area contributed by atoms with E-state index in [1.807, 2.05) is 6.08 Å². The van der Waals surface area contributed by atoms with Crippen molar-refractivity contribution in [2.24, 2.45) is 0 Å². The average molecular weight is 901 g/mol. The van der Waals surface area contributed by atoms with E-state index < -0.39 is 12.1 Å². The zero-order valence-electron chi connectivity index (χ0n) is 42.8. The molecule has 0 heterocycles. The van der Waals surface area contributed by atoms with Crippen LogP contribution in [0.3, 0.4) is 0 Å². The maximum absolute atomic E-state index is 12.5. The molecule has 0 bridgehead atoms. The largest absolute Gasteiger partial charge is 0.466 e. The number of rotatable bonds is 52. The summed E-state index contributed by atoms with van der Waals surface area (Å²) < 4.78 is 5.45. The number of amides is 1. The van der Waals surface area contributed by atoms with Gasteiger partial charge in [-0.05, 0) is 83.5 Å². The second kappa shape index (κ2) is 53.7. The Labute approximate surface area is 398 Å². The molecule has 0 radical (unpaired) electrons. The molecule has 0 rings (SSSR count). The maximum Gasteiger partial charge on any atom is 0.305 e. The Bertz CT molecular complexity index is 1040. The quantitative estimate of drug-likeness (QED) is 0.0321. The lowest BCUT2D eigenvalue weighted by molar-refractivity contribution is -0.143. The molecular formula is C58H109NO5. The second-order valence-electron chi connectivity index (χ2n) is 19.3. The van der Waals surface area contributed by atoms with Gasteiger partial charge in [0.15, 0.2) is 0 Å². The van der Waals surface area contributed by atoms with Crippen LogP contribution in [0.15, 0.2) is 36.5 Å². The van der Waals surface area contributed by atoms with E-state index in [4.69, 9.17) is 4.74 Å². The summed E-state index contributed by atoms with van der Waals surface area (Å²) in [5.74, 6) is -0.144. The third-order valence-electron chi connectivity index (χ3n) is 12.9. The number of carbonyl (C=O) groups is 2. The van der Waals surface area contributed by atoms with E-state index in [1.165, 1.54) is 193 Å². The zero-order chi connectivity index (χ0) is 46.5. The Kier molecular flexibility index (Phi) is 52.1. The van der Waals surface area contributed by atoms with Gasteiger partial charge in [-0.2, -0.15) is 0 Å². The van der Waals surface area contributed by atoms with E-state index in [-0.39, 0.29) is 18.5 Å². The smallest absolute Gasteiger partial charge is 0.305 e. The summed E-state index contributed by atoms with van der Waals surface area (Å²) >= 11 is 0. The van der Waals surface area contributed by atoms with Crippen molar-refractivity contribution in [2.45, 2.75) is 309 Å². The minimum Gasteiger partial charge on any atom is -0.466 e. The van der Waals surface area contributed by atoms with Gasteiger partial charge in [0.2, 0.25) is 5.91 Å². The highest BCUT2D eigenvalue weighted by molar-refractivity contribution is 5.76. The van der Waals surface area contributed by atoms with Gasteiger partial charge < -0.3 is 20.3 Å². The number of aliphatic hydroxyl groups is 2. The van der Waals surface area contributed by atoms with Gasteiger partial charge in [0, 0.05) is 12.8 Å². The van der Waals surface area contributed by atoms with Gasteiger partial charge >= 0.3 is 5.97 Å². The number of carbonyl (C=O) groups excluding carboxylic acids is 2. The number of unbranched alkanes of at least 4 members (excludes halogenated alkanes) is 37. The van der Waals surface area contributed by atoms with E-state index in [2.05, 4.69) is 43.5 Å². The molecular weight excluding hydrogens is 791 g/mol. The van der Waals surface area contributed by atoms with E-state index >= 15 is 0 Å². The number of allylic oxidation sites excluding steroid dienone is 5. The summed E-state index contributed by atoms with van der Waals surface area (Å²) in [6.07, 6.45) is 65.9. The van der Waals surface area contributed by atoms with Gasteiger partial charge in [-0.25, -0.2) is 0 Å². The van der Waals surface area contributed by atoms with E-state index in [0.717, 1.165) is 77.0 Å². The highest BCUT2D eigenvalue weighted by atomic mass is 16.5. The normalized spacial score (nSPS) is 12.9. The summed E-state index contributed by atoms with van der Waals surface area (Å²) in [7, 11) is 0. The lowest BCUT2D eigenvalue weighted by Gasteiger charge is -2.20. The van der Waals surface area contributed by atoms with Gasteiger partial charge in [0.05, 0.1) is 25.4 Å². The first kappa shape index (κ1) is 62.1. The Hall–Kier alpha value is -1.92. The summed E-state index contributed by atoms with van der Waals surface area (Å²) in [4.78, 5) is 24.5. The standard InChI is InChI=1S/C58H109NO5/c1-3-5-7-9-11-13-15-17-19-21-23-24-26-28-30-34-38-42-46-50-56(61)55(54-60)59-57(62)51-47-43-39-35-32-33-37-41-45-49-53-64-58(63)52-48-44-40-36-31-29-27-25-22-20-18-16-14-12-10-8-6-4-2/h20,22,33,37,46,50,55-56,60-61H,3-19,21,23-32,34-36,38-45,47-49,51-54H2,1-2H3,(H,59,62)/b22-20-,37-33-,50-46+. The fraction of sp³-hybridized carbons (Fsp3) is 0.862. The number of hydrogen-bond donors (Lipinski definition) is 3. The molecule has 2 atom stereocenters. The van der Waals surface area contributed by atoms with E-state index in [0.29, 0.717) is 19.4 Å². The molecule has 376 valence electrons. The lowest BCUT2D eigenvalue weighted by Crippen LogP contribution is -2.45. The molecule has 0 aromatic heterocycles. The molecule has 0 aliphatic carbocycles. The van der Waals surface area contributed by atoms with Gasteiger partial charge in [0.25, 0.3) is 0 Å². The molecule has 0 aromatic carbocycles. The minimum absolute atomic E-state index is 0.0413. The van der Waals surface area contributed by atoms with Crippen LogP contribution >= 0.6 is 0 Å². The van der Waals surface area contributed by atoms with Gasteiger partial charge in [-0.3, -0.25) is 9.59 Å². The Morgan fingerprint density at radius 1 is 0.422 bits per heavy atom. The van der Waals surface area contributed by atoms with Crippen LogP contribution < -0.4 is 5.32 Å². The fourth-order valence-electron chi connectivity index (χ4n) is 8.50. The van der Waals surface area contributed by atoms with Crippen molar-refractivity contribution >= 4 is 11.9 Å². The molecule has 0 aliphatic heterocycles. The molecule has 6 nitrogen and oxygen atoms in total. The van der Waals surface area contributed by atoms with Gasteiger partial charge in [-0.15, -0.1) is 0 Å². The molecule has 0 aromatic rings. The number of esters is 1. The predicted molar refractivity (Wildman–Crippen MR) is 278 cm³/mol. The molecule has 0 fully saturated rings.